The van der Waals surface area contributed by atoms with Gasteiger partial charge < -0.3 is 25.2 Å². The molecular weight excluding hydrogens is 482 g/mol. The maximum Gasteiger partial charge on any atom is 0.328 e. The minimum absolute atomic E-state index is 0.453. The van der Waals surface area contributed by atoms with Crippen molar-refractivity contribution in [2.24, 2.45) is 0 Å². The van der Waals surface area contributed by atoms with Gasteiger partial charge in [-0.05, 0) is 55.1 Å². The third-order valence-corrected chi connectivity index (χ3v) is 8.30. The van der Waals surface area contributed by atoms with Gasteiger partial charge in [-0.2, -0.15) is 0 Å². The van der Waals surface area contributed by atoms with E-state index in [0.717, 1.165) is 60.8 Å². The molecule has 1 fully saturated rings. The van der Waals surface area contributed by atoms with Crippen molar-refractivity contribution in [3.8, 4) is 5.88 Å². The molecule has 0 spiro atoms. The van der Waals surface area contributed by atoms with E-state index in [2.05, 4.69) is 32.7 Å². The molecule has 1 aliphatic rings. The first-order valence-corrected chi connectivity index (χ1v) is 13.6. The largest absolute Gasteiger partial charge is 0.481 e. The maximum absolute atomic E-state index is 11.1. The number of carbonyl (C=O) groups is 1. The summed E-state index contributed by atoms with van der Waals surface area (Å²) in [4.78, 5) is 17.9. The standard InChI is InChI=1S/C26H31N3O4S2/c1-33-23-8-7-20-18(5-9-24(31)32)4-6-21(26(20)28-23)22(30)17-29-13-10-19(11-14-29)27-12-16-35-25-3-2-15-34-25/h2-9,15,19,22,27,30H,10-14,16-17H2,1H3,(H,31,32)/b9-5+. The van der Waals surface area contributed by atoms with E-state index >= 15 is 0 Å². The zero-order valence-corrected chi connectivity index (χ0v) is 21.4. The van der Waals surface area contributed by atoms with Gasteiger partial charge in [-0.1, -0.05) is 18.2 Å². The number of likely N-dealkylation sites (tertiary alicyclic amines) is 1. The molecule has 1 saturated heterocycles. The fraction of sp³-hybridized carbons (Fsp3) is 0.385. The zero-order chi connectivity index (χ0) is 24.6. The number of ether oxygens (including phenoxy) is 1. The number of benzene rings is 1. The van der Waals surface area contributed by atoms with Crippen molar-refractivity contribution in [3.63, 3.8) is 0 Å². The fourth-order valence-corrected chi connectivity index (χ4v) is 6.09. The number of aromatic nitrogens is 1. The SMILES string of the molecule is COc1ccc2c(/C=C/C(=O)O)ccc(C(O)CN3CCC(NCCSc4cccs4)CC3)c2n1. The summed E-state index contributed by atoms with van der Waals surface area (Å²) in [5.41, 5.74) is 2.08. The Kier molecular flexibility index (Phi) is 9.17. The Morgan fingerprint density at radius 1 is 1.31 bits per heavy atom. The number of β-amino-alcohol motifs (C(OH)–C–C–N with tert-alkyl or cyclic N) is 1. The van der Waals surface area contributed by atoms with Crippen LogP contribution >= 0.6 is 23.1 Å². The van der Waals surface area contributed by atoms with E-state index < -0.39 is 12.1 Å². The number of piperidine rings is 1. The topological polar surface area (TPSA) is 94.9 Å². The Morgan fingerprint density at radius 3 is 2.86 bits per heavy atom. The van der Waals surface area contributed by atoms with Crippen LogP contribution in [0.25, 0.3) is 17.0 Å². The van der Waals surface area contributed by atoms with E-state index in [0.29, 0.717) is 24.0 Å². The van der Waals surface area contributed by atoms with Gasteiger partial charge >= 0.3 is 5.97 Å². The number of nitrogens with one attached hydrogen (secondary N) is 1. The summed E-state index contributed by atoms with van der Waals surface area (Å²) < 4.78 is 6.66. The summed E-state index contributed by atoms with van der Waals surface area (Å²) in [6.45, 7) is 3.39. The van der Waals surface area contributed by atoms with Crippen LogP contribution < -0.4 is 10.1 Å². The third-order valence-electron chi connectivity index (χ3n) is 6.16. The number of pyridine rings is 1. The lowest BCUT2D eigenvalue weighted by Gasteiger charge is -2.33. The number of methoxy groups -OCH3 is 1. The Balaban J connectivity index is 1.35. The lowest BCUT2D eigenvalue weighted by Crippen LogP contribution is -2.44. The number of carboxylic acid groups (broad SMARTS) is 1. The highest BCUT2D eigenvalue weighted by Gasteiger charge is 2.23. The van der Waals surface area contributed by atoms with Crippen LogP contribution in [0.15, 0.2) is 52.1 Å². The van der Waals surface area contributed by atoms with Crippen LogP contribution in [0.2, 0.25) is 0 Å². The normalized spacial score (nSPS) is 16.2. The molecule has 1 atom stereocenters. The van der Waals surface area contributed by atoms with E-state index in [-0.39, 0.29) is 0 Å². The first-order valence-electron chi connectivity index (χ1n) is 11.7. The van der Waals surface area contributed by atoms with Crippen molar-refractivity contribution < 1.29 is 19.7 Å². The van der Waals surface area contributed by atoms with Gasteiger partial charge in [0.2, 0.25) is 5.88 Å². The predicted molar refractivity (Wildman–Crippen MR) is 142 cm³/mol. The van der Waals surface area contributed by atoms with E-state index in [1.807, 2.05) is 30.0 Å². The molecule has 3 N–H and O–H groups in total. The molecule has 186 valence electrons. The molecule has 1 aliphatic heterocycles. The van der Waals surface area contributed by atoms with E-state index in [1.165, 1.54) is 4.21 Å². The highest BCUT2D eigenvalue weighted by molar-refractivity contribution is 8.01. The Bertz CT molecular complexity index is 1140. The predicted octanol–water partition coefficient (Wildman–Crippen LogP) is 4.28. The molecule has 1 aromatic carbocycles. The molecule has 0 radical (unpaired) electrons. The molecule has 9 heteroatoms. The molecule has 35 heavy (non-hydrogen) atoms. The molecule has 0 saturated carbocycles. The number of hydrogen-bond donors (Lipinski definition) is 3. The number of rotatable bonds is 11. The van der Waals surface area contributed by atoms with Crippen LogP contribution in [-0.4, -0.2) is 71.1 Å². The summed E-state index contributed by atoms with van der Waals surface area (Å²) >= 11 is 3.68. The number of nitrogens with zero attached hydrogens (tertiary/aromatic N) is 2. The number of hydrogen-bond acceptors (Lipinski definition) is 8. The monoisotopic (exact) mass is 513 g/mol. The first kappa shape index (κ1) is 25.7. The number of carboxylic acids is 1. The van der Waals surface area contributed by atoms with Gasteiger partial charge in [-0.3, -0.25) is 0 Å². The summed E-state index contributed by atoms with van der Waals surface area (Å²) in [6.07, 6.45) is 4.06. The van der Waals surface area contributed by atoms with Crippen molar-refractivity contribution in [2.45, 2.75) is 29.2 Å². The molecule has 2 aromatic heterocycles. The van der Waals surface area contributed by atoms with Crippen LogP contribution in [0.5, 0.6) is 5.88 Å². The Labute approximate surface area is 213 Å². The van der Waals surface area contributed by atoms with E-state index in [1.54, 1.807) is 30.6 Å². The van der Waals surface area contributed by atoms with Crippen LogP contribution in [0.1, 0.15) is 30.1 Å². The second kappa shape index (κ2) is 12.5. The van der Waals surface area contributed by atoms with Gasteiger partial charge in [0.25, 0.3) is 0 Å². The van der Waals surface area contributed by atoms with Crippen molar-refractivity contribution in [2.75, 3.05) is 39.0 Å². The molecule has 4 rings (SSSR count). The molecule has 0 aliphatic carbocycles. The number of aliphatic hydroxyl groups is 1. The molecular formula is C26H31N3O4S2. The van der Waals surface area contributed by atoms with Crippen LogP contribution in [-0.2, 0) is 4.79 Å². The smallest absolute Gasteiger partial charge is 0.328 e. The van der Waals surface area contributed by atoms with Gasteiger partial charge in [0.05, 0.1) is 22.9 Å². The first-order chi connectivity index (χ1) is 17.0. The zero-order valence-electron chi connectivity index (χ0n) is 19.7. The van der Waals surface area contributed by atoms with Gasteiger partial charge in [-0.15, -0.1) is 23.1 Å². The van der Waals surface area contributed by atoms with Gasteiger partial charge in [-0.25, -0.2) is 9.78 Å². The van der Waals surface area contributed by atoms with Gasteiger partial charge in [0, 0.05) is 48.0 Å². The average Bonchev–Trinajstić information content (AvgIpc) is 3.39. The molecule has 1 unspecified atom stereocenters. The van der Waals surface area contributed by atoms with Crippen LogP contribution in [0.3, 0.4) is 0 Å². The number of fused-ring (bicyclic) bond motifs is 1. The second-order valence-electron chi connectivity index (χ2n) is 8.49. The molecule has 3 heterocycles. The quantitative estimate of drug-likeness (QED) is 0.199. The lowest BCUT2D eigenvalue weighted by molar-refractivity contribution is -0.131. The summed E-state index contributed by atoms with van der Waals surface area (Å²) in [7, 11) is 1.55. The lowest BCUT2D eigenvalue weighted by atomic mass is 9.98. The summed E-state index contributed by atoms with van der Waals surface area (Å²) in [5.74, 6) is 0.512. The van der Waals surface area contributed by atoms with Crippen molar-refractivity contribution in [3.05, 3.63) is 59.0 Å². The fourth-order valence-electron chi connectivity index (χ4n) is 4.35. The van der Waals surface area contributed by atoms with Crippen LogP contribution in [0, 0.1) is 0 Å². The number of aliphatic carboxylic acids is 1. The second-order valence-corrected chi connectivity index (χ2v) is 10.8. The number of aliphatic hydroxyl groups excluding tert-OH is 1. The summed E-state index contributed by atoms with van der Waals surface area (Å²) in [5, 5.41) is 26.7. The van der Waals surface area contributed by atoms with E-state index in [4.69, 9.17) is 9.84 Å². The average molecular weight is 514 g/mol. The van der Waals surface area contributed by atoms with Gasteiger partial charge in [0.1, 0.15) is 0 Å². The molecule has 7 nitrogen and oxygen atoms in total. The number of thiophene rings is 1. The third kappa shape index (κ3) is 7.05. The van der Waals surface area contributed by atoms with Crippen LogP contribution in [0.4, 0.5) is 0 Å². The Hall–Kier alpha value is -2.43. The highest BCUT2D eigenvalue weighted by atomic mass is 32.2. The van der Waals surface area contributed by atoms with Crippen molar-refractivity contribution >= 4 is 46.0 Å². The van der Waals surface area contributed by atoms with Crippen molar-refractivity contribution in [1.82, 2.24) is 15.2 Å². The summed E-state index contributed by atoms with van der Waals surface area (Å²) in [6, 6.07) is 12.0. The van der Waals surface area contributed by atoms with Gasteiger partial charge in [0.15, 0.2) is 0 Å². The molecule has 0 bridgehead atoms. The Morgan fingerprint density at radius 2 is 2.14 bits per heavy atom. The minimum atomic E-state index is -1.01. The highest BCUT2D eigenvalue weighted by Crippen LogP contribution is 2.30. The molecule has 3 aromatic rings. The molecule has 0 amide bonds. The minimum Gasteiger partial charge on any atom is -0.481 e. The van der Waals surface area contributed by atoms with E-state index in [9.17, 15) is 9.90 Å². The van der Waals surface area contributed by atoms with Crippen molar-refractivity contribution in [1.29, 1.82) is 0 Å². The number of thioether (sulfide) groups is 1. The maximum atomic E-state index is 11.1.